The Morgan fingerprint density at radius 2 is 1.88 bits per heavy atom. The maximum Gasteiger partial charge on any atom is 0.245 e. The topological polar surface area (TPSA) is 101 Å². The van der Waals surface area contributed by atoms with E-state index in [1.165, 1.54) is 24.1 Å². The summed E-state index contributed by atoms with van der Waals surface area (Å²) in [5.41, 5.74) is 4.28. The Morgan fingerprint density at radius 1 is 1.15 bits per heavy atom. The van der Waals surface area contributed by atoms with Crippen LogP contribution in [0.5, 0.6) is 0 Å². The molecule has 1 aliphatic carbocycles. The number of nitrogens with one attached hydrogen (secondary N) is 2. The van der Waals surface area contributed by atoms with Gasteiger partial charge in [0.05, 0.1) is 17.0 Å². The lowest BCUT2D eigenvalue weighted by atomic mass is 9.85. The predicted octanol–water partition coefficient (Wildman–Crippen LogP) is 3.25. The van der Waals surface area contributed by atoms with E-state index in [1.54, 1.807) is 30.6 Å². The maximum absolute atomic E-state index is 13.4. The summed E-state index contributed by atoms with van der Waals surface area (Å²) < 4.78 is 0. The summed E-state index contributed by atoms with van der Waals surface area (Å²) in [6.45, 7) is 1.48. The zero-order valence-corrected chi connectivity index (χ0v) is 19.2. The van der Waals surface area contributed by atoms with E-state index in [4.69, 9.17) is 5.26 Å². The zero-order valence-electron chi connectivity index (χ0n) is 19.2. The maximum atomic E-state index is 13.4. The standard InChI is InChI=1S/C25H29N7O/c1-31(2)25(24(33)29-18-9-7-17(15-26)8-10-18)11-13-32(14-12-25)23-21-19-5-3-4-6-20(19)30-22(21)27-16-28-23/h7-10,16H,3-6,11-14H2,1-2H3,(H,29,33)(H,27,28,30). The first-order valence-corrected chi connectivity index (χ1v) is 11.6. The number of hydrogen-bond acceptors (Lipinski definition) is 6. The highest BCUT2D eigenvalue weighted by molar-refractivity contribution is 5.98. The second-order valence-electron chi connectivity index (χ2n) is 9.27. The van der Waals surface area contributed by atoms with E-state index >= 15 is 0 Å². The first-order valence-electron chi connectivity index (χ1n) is 11.6. The van der Waals surface area contributed by atoms with Gasteiger partial charge in [0.1, 0.15) is 23.3 Å². The SMILES string of the molecule is CN(C)C1(C(=O)Nc2ccc(C#N)cc2)CCN(c2ncnc3[nH]c4c(c23)CCCC4)CC1. The average molecular weight is 444 g/mol. The number of aromatic nitrogens is 3. The molecular weight excluding hydrogens is 414 g/mol. The molecule has 1 aliphatic heterocycles. The van der Waals surface area contributed by atoms with Gasteiger partial charge in [-0.3, -0.25) is 9.69 Å². The fourth-order valence-corrected chi connectivity index (χ4v) is 5.29. The van der Waals surface area contributed by atoms with Crippen molar-refractivity contribution in [2.75, 3.05) is 37.4 Å². The molecule has 0 spiro atoms. The van der Waals surface area contributed by atoms with Crippen LogP contribution in [-0.2, 0) is 17.6 Å². The van der Waals surface area contributed by atoms with E-state index in [-0.39, 0.29) is 5.91 Å². The number of amides is 1. The van der Waals surface area contributed by atoms with Gasteiger partial charge in [0.15, 0.2) is 0 Å². The Kier molecular flexibility index (Phi) is 5.51. The Labute approximate surface area is 193 Å². The molecule has 3 aromatic rings. The average Bonchev–Trinajstić information content (AvgIpc) is 3.23. The lowest BCUT2D eigenvalue weighted by molar-refractivity contribution is -0.127. The molecule has 0 atom stereocenters. The number of carbonyl (C=O) groups is 1. The first-order chi connectivity index (χ1) is 16.0. The van der Waals surface area contributed by atoms with Crippen LogP contribution >= 0.6 is 0 Å². The van der Waals surface area contributed by atoms with Crippen LogP contribution in [0.15, 0.2) is 30.6 Å². The Balaban J connectivity index is 1.37. The Bertz CT molecular complexity index is 1210. The summed E-state index contributed by atoms with van der Waals surface area (Å²) in [4.78, 5) is 30.5. The first kappa shape index (κ1) is 21.4. The number of H-pyrrole nitrogens is 1. The van der Waals surface area contributed by atoms with Gasteiger partial charge >= 0.3 is 0 Å². The third-order valence-corrected chi connectivity index (χ3v) is 7.31. The van der Waals surface area contributed by atoms with Gasteiger partial charge in [-0.2, -0.15) is 5.26 Å². The molecule has 2 aromatic heterocycles. The number of carbonyl (C=O) groups excluding carboxylic acids is 1. The van der Waals surface area contributed by atoms with Crippen molar-refractivity contribution in [2.45, 2.75) is 44.1 Å². The number of hydrogen-bond donors (Lipinski definition) is 2. The molecule has 2 aliphatic rings. The Morgan fingerprint density at radius 3 is 2.58 bits per heavy atom. The second kappa shape index (κ2) is 8.49. The monoisotopic (exact) mass is 443 g/mol. The zero-order chi connectivity index (χ0) is 23.0. The number of piperidine rings is 1. The minimum Gasteiger partial charge on any atom is -0.356 e. The van der Waals surface area contributed by atoms with Gasteiger partial charge in [-0.25, -0.2) is 9.97 Å². The van der Waals surface area contributed by atoms with Crippen LogP contribution in [0.2, 0.25) is 0 Å². The summed E-state index contributed by atoms with van der Waals surface area (Å²) in [5.74, 6) is 0.975. The summed E-state index contributed by atoms with van der Waals surface area (Å²) >= 11 is 0. The van der Waals surface area contributed by atoms with Crippen LogP contribution < -0.4 is 10.2 Å². The van der Waals surface area contributed by atoms with Crippen LogP contribution in [0.1, 0.15) is 42.5 Å². The molecule has 0 radical (unpaired) electrons. The molecule has 1 aromatic carbocycles. The van der Waals surface area contributed by atoms with Crippen LogP contribution in [0.25, 0.3) is 11.0 Å². The number of aromatic amines is 1. The molecule has 33 heavy (non-hydrogen) atoms. The fraction of sp³-hybridized carbons (Fsp3) is 0.440. The molecule has 1 fully saturated rings. The van der Waals surface area contributed by atoms with E-state index in [0.717, 1.165) is 42.8 Å². The third-order valence-electron chi connectivity index (χ3n) is 7.31. The minimum atomic E-state index is -0.603. The summed E-state index contributed by atoms with van der Waals surface area (Å²) in [6, 6.07) is 9.11. The lowest BCUT2D eigenvalue weighted by Crippen LogP contribution is -2.59. The third kappa shape index (κ3) is 3.72. The molecule has 5 rings (SSSR count). The highest BCUT2D eigenvalue weighted by Gasteiger charge is 2.44. The molecule has 0 unspecified atom stereocenters. The van der Waals surface area contributed by atoms with Gasteiger partial charge in [0.25, 0.3) is 0 Å². The lowest BCUT2D eigenvalue weighted by Gasteiger charge is -2.45. The molecule has 8 nitrogen and oxygen atoms in total. The Hall–Kier alpha value is -3.44. The highest BCUT2D eigenvalue weighted by Crippen LogP contribution is 2.36. The van der Waals surface area contributed by atoms with Crippen molar-refractivity contribution in [1.29, 1.82) is 5.26 Å². The van der Waals surface area contributed by atoms with Crippen LogP contribution in [0.4, 0.5) is 11.5 Å². The molecule has 1 saturated heterocycles. The minimum absolute atomic E-state index is 0.0104. The number of nitrogens with zero attached hydrogens (tertiary/aromatic N) is 5. The van der Waals surface area contributed by atoms with Crippen molar-refractivity contribution in [2.24, 2.45) is 0 Å². The van der Waals surface area contributed by atoms with Gasteiger partial charge in [-0.1, -0.05) is 0 Å². The van der Waals surface area contributed by atoms with Crippen LogP contribution in [-0.4, -0.2) is 58.5 Å². The van der Waals surface area contributed by atoms with Crippen molar-refractivity contribution in [3.05, 3.63) is 47.4 Å². The van der Waals surface area contributed by atoms with E-state index in [1.807, 2.05) is 19.0 Å². The highest BCUT2D eigenvalue weighted by atomic mass is 16.2. The number of likely N-dealkylation sites (N-methyl/N-ethyl adjacent to an activating group) is 1. The summed E-state index contributed by atoms with van der Waals surface area (Å²) in [6.07, 6.45) is 7.59. The van der Waals surface area contributed by atoms with E-state index in [9.17, 15) is 4.79 Å². The van der Waals surface area contributed by atoms with Crippen molar-refractivity contribution >= 4 is 28.4 Å². The molecule has 2 N–H and O–H groups in total. The second-order valence-corrected chi connectivity index (χ2v) is 9.27. The number of rotatable bonds is 4. The molecule has 1 amide bonds. The van der Waals surface area contributed by atoms with E-state index in [0.29, 0.717) is 24.1 Å². The van der Waals surface area contributed by atoms with Gasteiger partial charge in [-0.15, -0.1) is 0 Å². The number of fused-ring (bicyclic) bond motifs is 3. The predicted molar refractivity (Wildman–Crippen MR) is 128 cm³/mol. The quantitative estimate of drug-likeness (QED) is 0.642. The largest absolute Gasteiger partial charge is 0.356 e. The van der Waals surface area contributed by atoms with Gasteiger partial charge in [0.2, 0.25) is 5.91 Å². The van der Waals surface area contributed by atoms with Crippen LogP contribution in [0.3, 0.4) is 0 Å². The van der Waals surface area contributed by atoms with Crippen LogP contribution in [0, 0.1) is 11.3 Å². The van der Waals surface area contributed by atoms with Crippen molar-refractivity contribution in [3.8, 4) is 6.07 Å². The van der Waals surface area contributed by atoms with Gasteiger partial charge in [0, 0.05) is 24.5 Å². The molecular formula is C25H29N7O. The smallest absolute Gasteiger partial charge is 0.245 e. The van der Waals surface area contributed by atoms with Crippen molar-refractivity contribution in [1.82, 2.24) is 19.9 Å². The number of benzene rings is 1. The van der Waals surface area contributed by atoms with E-state index < -0.39 is 5.54 Å². The number of nitriles is 1. The van der Waals surface area contributed by atoms with Crippen molar-refractivity contribution in [3.63, 3.8) is 0 Å². The van der Waals surface area contributed by atoms with Gasteiger partial charge in [-0.05, 0) is 82.4 Å². The molecule has 0 saturated carbocycles. The van der Waals surface area contributed by atoms with Crippen molar-refractivity contribution < 1.29 is 4.79 Å². The van der Waals surface area contributed by atoms with Gasteiger partial charge < -0.3 is 15.2 Å². The van der Waals surface area contributed by atoms with E-state index in [2.05, 4.69) is 31.2 Å². The normalized spacial score (nSPS) is 17.6. The summed E-state index contributed by atoms with van der Waals surface area (Å²) in [5, 5.41) is 13.2. The molecule has 170 valence electrons. The fourth-order valence-electron chi connectivity index (χ4n) is 5.29. The molecule has 3 heterocycles. The summed E-state index contributed by atoms with van der Waals surface area (Å²) in [7, 11) is 3.94. The molecule has 0 bridgehead atoms. The number of anilines is 2. The molecule has 8 heteroatoms. The number of aryl methyl sites for hydroxylation is 2.